The van der Waals surface area contributed by atoms with Gasteiger partial charge < -0.3 is 15.5 Å². The smallest absolute Gasteiger partial charge is 0.254 e. The molecule has 1 aromatic heterocycles. The lowest BCUT2D eigenvalue weighted by molar-refractivity contribution is -0.121. The molecule has 0 aliphatic heterocycles. The van der Waals surface area contributed by atoms with Crippen molar-refractivity contribution in [3.05, 3.63) is 47.0 Å². The van der Waals surface area contributed by atoms with Gasteiger partial charge in [-0.1, -0.05) is 18.2 Å². The number of benzene rings is 1. The zero-order valence-corrected chi connectivity index (χ0v) is 16.8. The maximum absolute atomic E-state index is 12.7. The lowest BCUT2D eigenvalue weighted by Gasteiger charge is -2.21. The molecule has 3 amide bonds. The topological polar surface area (TPSA) is 91.4 Å². The van der Waals surface area contributed by atoms with Crippen molar-refractivity contribution in [1.29, 1.82) is 0 Å². The van der Waals surface area contributed by atoms with Crippen LogP contribution in [0.5, 0.6) is 0 Å². The molecule has 0 atom stereocenters. The van der Waals surface area contributed by atoms with Crippen LogP contribution in [0.25, 0.3) is 0 Å². The predicted octanol–water partition coefficient (Wildman–Crippen LogP) is 2.45. The van der Waals surface area contributed by atoms with E-state index >= 15 is 0 Å². The van der Waals surface area contributed by atoms with E-state index in [9.17, 15) is 14.4 Å². The molecule has 1 heterocycles. The number of hydrogen-bond acceptors (Lipinski definition) is 5. The third-order valence-electron chi connectivity index (χ3n) is 4.17. The summed E-state index contributed by atoms with van der Waals surface area (Å²) in [4.78, 5) is 42.9. The molecule has 8 heteroatoms. The maximum Gasteiger partial charge on any atom is 0.254 e. The van der Waals surface area contributed by atoms with Crippen LogP contribution in [0, 0.1) is 0 Å². The minimum Gasteiger partial charge on any atom is -0.354 e. The van der Waals surface area contributed by atoms with Crippen molar-refractivity contribution in [2.45, 2.75) is 45.2 Å². The molecular formula is C20H24N4O3S. The van der Waals surface area contributed by atoms with Gasteiger partial charge in [-0.3, -0.25) is 14.4 Å². The number of amides is 3. The van der Waals surface area contributed by atoms with Crippen LogP contribution in [0.1, 0.15) is 42.7 Å². The molecule has 1 aromatic carbocycles. The Balaban J connectivity index is 1.57. The Morgan fingerprint density at radius 2 is 1.89 bits per heavy atom. The van der Waals surface area contributed by atoms with Crippen molar-refractivity contribution in [3.8, 4) is 0 Å². The highest BCUT2D eigenvalue weighted by molar-refractivity contribution is 7.13. The Morgan fingerprint density at radius 3 is 2.54 bits per heavy atom. The highest BCUT2D eigenvalue weighted by Gasteiger charge is 2.34. The summed E-state index contributed by atoms with van der Waals surface area (Å²) in [5, 5.41) is 7.73. The van der Waals surface area contributed by atoms with Crippen LogP contribution in [0.2, 0.25) is 0 Å². The molecule has 0 saturated heterocycles. The minimum atomic E-state index is -0.288. The standard InChI is InChI=1S/C20H24N4O3S/c1-13(2)21-17(25)10-15-12-28-20(22-15)23-18(26)11-24(16-8-9-16)19(27)14-6-4-3-5-7-14/h3-7,12-13,16H,8-11H2,1-2H3,(H,21,25)(H,22,23,26). The molecule has 0 radical (unpaired) electrons. The SMILES string of the molecule is CC(C)NC(=O)Cc1csc(NC(=O)CN(C(=O)c2ccccc2)C2CC2)n1. The number of rotatable bonds is 8. The van der Waals surface area contributed by atoms with Crippen LogP contribution >= 0.6 is 11.3 Å². The van der Waals surface area contributed by atoms with Gasteiger partial charge in [-0.25, -0.2) is 4.98 Å². The van der Waals surface area contributed by atoms with Gasteiger partial charge in [0.15, 0.2) is 5.13 Å². The molecule has 2 N–H and O–H groups in total. The molecule has 7 nitrogen and oxygen atoms in total. The van der Waals surface area contributed by atoms with Gasteiger partial charge in [0, 0.05) is 23.0 Å². The number of thiazole rings is 1. The Morgan fingerprint density at radius 1 is 1.18 bits per heavy atom. The summed E-state index contributed by atoms with van der Waals surface area (Å²) < 4.78 is 0. The third kappa shape index (κ3) is 5.63. The average molecular weight is 401 g/mol. The molecule has 3 rings (SSSR count). The maximum atomic E-state index is 12.7. The molecule has 1 aliphatic carbocycles. The molecule has 1 fully saturated rings. The largest absolute Gasteiger partial charge is 0.354 e. The van der Waals surface area contributed by atoms with Gasteiger partial charge >= 0.3 is 0 Å². The van der Waals surface area contributed by atoms with Gasteiger partial charge in [-0.2, -0.15) is 0 Å². The fourth-order valence-corrected chi connectivity index (χ4v) is 3.52. The molecule has 0 bridgehead atoms. The fraction of sp³-hybridized carbons (Fsp3) is 0.400. The quantitative estimate of drug-likeness (QED) is 0.712. The number of hydrogen-bond donors (Lipinski definition) is 2. The Labute approximate surface area is 168 Å². The highest BCUT2D eigenvalue weighted by Crippen LogP contribution is 2.28. The first kappa shape index (κ1) is 20.0. The Bertz CT molecular complexity index is 846. The van der Waals surface area contributed by atoms with Gasteiger partial charge in [-0.05, 0) is 38.8 Å². The van der Waals surface area contributed by atoms with Crippen LogP contribution in [-0.4, -0.2) is 46.2 Å². The zero-order chi connectivity index (χ0) is 20.1. The summed E-state index contributed by atoms with van der Waals surface area (Å²) in [5.74, 6) is -0.529. The monoisotopic (exact) mass is 400 g/mol. The van der Waals surface area contributed by atoms with Crippen molar-refractivity contribution in [2.24, 2.45) is 0 Å². The van der Waals surface area contributed by atoms with Gasteiger partial charge in [0.05, 0.1) is 12.1 Å². The zero-order valence-electron chi connectivity index (χ0n) is 16.0. The van der Waals surface area contributed by atoms with Crippen LogP contribution < -0.4 is 10.6 Å². The molecular weight excluding hydrogens is 376 g/mol. The lowest BCUT2D eigenvalue weighted by Crippen LogP contribution is -2.39. The van der Waals surface area contributed by atoms with E-state index in [2.05, 4.69) is 15.6 Å². The van der Waals surface area contributed by atoms with E-state index in [1.54, 1.807) is 22.4 Å². The first-order valence-electron chi connectivity index (χ1n) is 9.32. The molecule has 0 unspecified atom stereocenters. The van der Waals surface area contributed by atoms with Gasteiger partial charge in [0.25, 0.3) is 5.91 Å². The van der Waals surface area contributed by atoms with E-state index in [1.807, 2.05) is 32.0 Å². The van der Waals surface area contributed by atoms with E-state index in [1.165, 1.54) is 11.3 Å². The van der Waals surface area contributed by atoms with E-state index < -0.39 is 0 Å². The Kier molecular flexibility index (Phi) is 6.41. The normalized spacial score (nSPS) is 13.2. The predicted molar refractivity (Wildman–Crippen MR) is 108 cm³/mol. The number of carbonyl (C=O) groups excluding carboxylic acids is 3. The van der Waals surface area contributed by atoms with Crippen LogP contribution in [0.4, 0.5) is 5.13 Å². The molecule has 2 aromatic rings. The molecule has 28 heavy (non-hydrogen) atoms. The molecule has 148 valence electrons. The van der Waals surface area contributed by atoms with E-state index in [0.29, 0.717) is 16.4 Å². The summed E-state index contributed by atoms with van der Waals surface area (Å²) in [6, 6.07) is 9.17. The van der Waals surface area contributed by atoms with E-state index in [4.69, 9.17) is 0 Å². The molecule has 1 saturated carbocycles. The van der Waals surface area contributed by atoms with Crippen LogP contribution in [0.15, 0.2) is 35.7 Å². The van der Waals surface area contributed by atoms with Crippen LogP contribution in [0.3, 0.4) is 0 Å². The third-order valence-corrected chi connectivity index (χ3v) is 4.98. The number of aromatic nitrogens is 1. The number of carbonyl (C=O) groups is 3. The van der Waals surface area contributed by atoms with Crippen molar-refractivity contribution >= 4 is 34.2 Å². The summed E-state index contributed by atoms with van der Waals surface area (Å²) in [5.41, 5.74) is 1.19. The average Bonchev–Trinajstić information content (AvgIpc) is 3.40. The second-order valence-electron chi connectivity index (χ2n) is 7.12. The van der Waals surface area contributed by atoms with Crippen LogP contribution in [-0.2, 0) is 16.0 Å². The minimum absolute atomic E-state index is 0.0128. The Hall–Kier alpha value is -2.74. The van der Waals surface area contributed by atoms with Gasteiger partial charge in [0.2, 0.25) is 11.8 Å². The number of nitrogens with zero attached hydrogens (tertiary/aromatic N) is 2. The summed E-state index contributed by atoms with van der Waals surface area (Å²) in [6.07, 6.45) is 2.00. The number of nitrogens with one attached hydrogen (secondary N) is 2. The fourth-order valence-electron chi connectivity index (χ4n) is 2.80. The van der Waals surface area contributed by atoms with Crippen molar-refractivity contribution < 1.29 is 14.4 Å². The lowest BCUT2D eigenvalue weighted by atomic mass is 10.2. The molecule has 0 spiro atoms. The first-order chi connectivity index (χ1) is 13.4. The highest BCUT2D eigenvalue weighted by atomic mass is 32.1. The molecule has 1 aliphatic rings. The first-order valence-corrected chi connectivity index (χ1v) is 10.2. The van der Waals surface area contributed by atoms with Gasteiger partial charge in [0.1, 0.15) is 6.54 Å². The number of anilines is 1. The van der Waals surface area contributed by atoms with Gasteiger partial charge in [-0.15, -0.1) is 11.3 Å². The van der Waals surface area contributed by atoms with Crippen molar-refractivity contribution in [1.82, 2.24) is 15.2 Å². The van der Waals surface area contributed by atoms with Crippen molar-refractivity contribution in [3.63, 3.8) is 0 Å². The van der Waals surface area contributed by atoms with E-state index in [-0.39, 0.29) is 42.8 Å². The summed E-state index contributed by atoms with van der Waals surface area (Å²) in [7, 11) is 0. The summed E-state index contributed by atoms with van der Waals surface area (Å²) in [6.45, 7) is 3.78. The second kappa shape index (κ2) is 8.97. The van der Waals surface area contributed by atoms with E-state index in [0.717, 1.165) is 12.8 Å². The van der Waals surface area contributed by atoms with Crippen molar-refractivity contribution in [2.75, 3.05) is 11.9 Å². The second-order valence-corrected chi connectivity index (χ2v) is 7.98. The summed E-state index contributed by atoms with van der Waals surface area (Å²) >= 11 is 1.27.